The van der Waals surface area contributed by atoms with E-state index in [1.165, 1.54) is 7.11 Å². The highest BCUT2D eigenvalue weighted by Gasteiger charge is 2.06. The summed E-state index contributed by atoms with van der Waals surface area (Å²) in [6, 6.07) is 14.4. The average molecular weight is 332 g/mol. The second kappa shape index (κ2) is 8.34. The van der Waals surface area contributed by atoms with Gasteiger partial charge in [-0.3, -0.25) is 4.79 Å². The van der Waals surface area contributed by atoms with Crippen molar-refractivity contribution >= 4 is 23.5 Å². The van der Waals surface area contributed by atoms with Crippen LogP contribution in [0.25, 0.3) is 0 Å². The van der Waals surface area contributed by atoms with Crippen molar-refractivity contribution in [3.05, 3.63) is 70.2 Å². The van der Waals surface area contributed by atoms with E-state index in [1.54, 1.807) is 24.3 Å². The van der Waals surface area contributed by atoms with Crippen LogP contribution in [0.1, 0.15) is 27.9 Å². The lowest BCUT2D eigenvalue weighted by Gasteiger charge is -2.06. The summed E-state index contributed by atoms with van der Waals surface area (Å²) in [6.07, 6.45) is 1.09. The number of methoxy groups -OCH3 is 1. The van der Waals surface area contributed by atoms with E-state index in [2.05, 4.69) is 10.1 Å². The summed E-state index contributed by atoms with van der Waals surface area (Å²) in [4.78, 5) is 23.2. The van der Waals surface area contributed by atoms with Crippen LogP contribution in [0, 0.1) is 0 Å². The number of esters is 1. The molecule has 1 amide bonds. The number of nitrogens with one attached hydrogen (secondary N) is 1. The van der Waals surface area contributed by atoms with E-state index in [4.69, 9.17) is 11.6 Å². The van der Waals surface area contributed by atoms with E-state index < -0.39 is 0 Å². The van der Waals surface area contributed by atoms with Gasteiger partial charge in [-0.15, -0.1) is 0 Å². The fourth-order valence-electron chi connectivity index (χ4n) is 2.07. The lowest BCUT2D eigenvalue weighted by atomic mass is 10.1. The lowest BCUT2D eigenvalue weighted by Crippen LogP contribution is -2.23. The molecule has 120 valence electrons. The van der Waals surface area contributed by atoms with Gasteiger partial charge in [0.05, 0.1) is 12.7 Å². The Morgan fingerprint density at radius 2 is 1.61 bits per heavy atom. The Hall–Kier alpha value is -2.33. The van der Waals surface area contributed by atoms with E-state index in [0.29, 0.717) is 30.0 Å². The van der Waals surface area contributed by atoms with Crippen LogP contribution >= 0.6 is 11.6 Å². The number of benzene rings is 2. The van der Waals surface area contributed by atoms with Crippen molar-refractivity contribution < 1.29 is 14.3 Å². The minimum absolute atomic E-state index is 0.0167. The molecule has 23 heavy (non-hydrogen) atoms. The summed E-state index contributed by atoms with van der Waals surface area (Å²) in [5, 5.41) is 3.55. The highest BCUT2D eigenvalue weighted by atomic mass is 35.5. The maximum atomic E-state index is 11.9. The largest absolute Gasteiger partial charge is 0.465 e. The highest BCUT2D eigenvalue weighted by molar-refractivity contribution is 6.30. The summed E-state index contributed by atoms with van der Waals surface area (Å²) in [7, 11) is 1.34. The molecule has 0 aliphatic rings. The van der Waals surface area contributed by atoms with Gasteiger partial charge in [0.15, 0.2) is 0 Å². The maximum absolute atomic E-state index is 11.9. The van der Waals surface area contributed by atoms with Crippen molar-refractivity contribution in [2.24, 2.45) is 0 Å². The minimum atomic E-state index is -0.372. The van der Waals surface area contributed by atoms with E-state index in [0.717, 1.165) is 11.1 Å². The van der Waals surface area contributed by atoms with Crippen LogP contribution in [-0.2, 0) is 22.5 Å². The second-order valence-corrected chi connectivity index (χ2v) is 5.53. The quantitative estimate of drug-likeness (QED) is 0.826. The molecule has 0 aromatic heterocycles. The number of ether oxygens (including phenoxy) is 1. The molecule has 2 rings (SSSR count). The van der Waals surface area contributed by atoms with Gasteiger partial charge in [0.25, 0.3) is 0 Å². The van der Waals surface area contributed by atoms with Gasteiger partial charge in [-0.2, -0.15) is 0 Å². The SMILES string of the molecule is COC(=O)c1ccc(CNC(=O)CCc2ccc(Cl)cc2)cc1. The first kappa shape index (κ1) is 17.0. The fraction of sp³-hybridized carbons (Fsp3) is 0.222. The van der Waals surface area contributed by atoms with Gasteiger partial charge in [0.2, 0.25) is 5.91 Å². The molecule has 0 aliphatic carbocycles. The smallest absolute Gasteiger partial charge is 0.337 e. The first-order valence-corrected chi connectivity index (χ1v) is 7.64. The van der Waals surface area contributed by atoms with E-state index >= 15 is 0 Å². The predicted octanol–water partition coefficient (Wildman–Crippen LogP) is 3.38. The van der Waals surface area contributed by atoms with Crippen LogP contribution in [0.4, 0.5) is 0 Å². The normalized spacial score (nSPS) is 10.2. The number of amides is 1. The zero-order valence-corrected chi connectivity index (χ0v) is 13.6. The van der Waals surface area contributed by atoms with Crippen LogP contribution in [-0.4, -0.2) is 19.0 Å². The molecule has 0 aliphatic heterocycles. The number of halogens is 1. The number of carbonyl (C=O) groups is 2. The number of rotatable bonds is 6. The topological polar surface area (TPSA) is 55.4 Å². The Kier molecular flexibility index (Phi) is 6.18. The van der Waals surface area contributed by atoms with Crippen LogP contribution in [0.15, 0.2) is 48.5 Å². The van der Waals surface area contributed by atoms with Crippen LogP contribution in [0.2, 0.25) is 5.02 Å². The molecular formula is C18H18ClNO3. The average Bonchev–Trinajstić information content (AvgIpc) is 2.59. The summed E-state index contributed by atoms with van der Waals surface area (Å²) in [5.74, 6) is -0.388. The standard InChI is InChI=1S/C18H18ClNO3/c1-23-18(22)15-7-2-14(3-8-15)12-20-17(21)11-6-13-4-9-16(19)10-5-13/h2-5,7-10H,6,11-12H2,1H3,(H,20,21). The third-order valence-electron chi connectivity index (χ3n) is 3.42. The van der Waals surface area contributed by atoms with E-state index in [9.17, 15) is 9.59 Å². The van der Waals surface area contributed by atoms with Gasteiger partial charge in [-0.25, -0.2) is 4.79 Å². The number of aryl methyl sites for hydroxylation is 1. The van der Waals surface area contributed by atoms with Gasteiger partial charge in [-0.05, 0) is 41.8 Å². The molecule has 0 bridgehead atoms. The van der Waals surface area contributed by atoms with Crippen molar-refractivity contribution in [2.75, 3.05) is 7.11 Å². The summed E-state index contributed by atoms with van der Waals surface area (Å²) in [5.41, 5.74) is 2.50. The molecule has 4 nitrogen and oxygen atoms in total. The van der Waals surface area contributed by atoms with Crippen molar-refractivity contribution in [2.45, 2.75) is 19.4 Å². The number of carbonyl (C=O) groups excluding carboxylic acids is 2. The van der Waals surface area contributed by atoms with Gasteiger partial charge >= 0.3 is 5.97 Å². The molecule has 2 aromatic rings. The summed E-state index contributed by atoms with van der Waals surface area (Å²) < 4.78 is 4.64. The Morgan fingerprint density at radius 1 is 1.00 bits per heavy atom. The molecule has 0 heterocycles. The van der Waals surface area contributed by atoms with E-state index in [-0.39, 0.29) is 11.9 Å². The third kappa shape index (κ3) is 5.42. The highest BCUT2D eigenvalue weighted by Crippen LogP contribution is 2.11. The monoisotopic (exact) mass is 331 g/mol. The third-order valence-corrected chi connectivity index (χ3v) is 3.67. The minimum Gasteiger partial charge on any atom is -0.465 e. The second-order valence-electron chi connectivity index (χ2n) is 5.09. The fourth-order valence-corrected chi connectivity index (χ4v) is 2.20. The van der Waals surface area contributed by atoms with Gasteiger partial charge in [0, 0.05) is 18.0 Å². The molecule has 5 heteroatoms. The zero-order valence-electron chi connectivity index (χ0n) is 12.8. The summed E-state index contributed by atoms with van der Waals surface area (Å²) in [6.45, 7) is 0.431. The van der Waals surface area contributed by atoms with Crippen LogP contribution in [0.5, 0.6) is 0 Å². The van der Waals surface area contributed by atoms with E-state index in [1.807, 2.05) is 24.3 Å². The Bertz CT molecular complexity index is 666. The number of hydrogen-bond acceptors (Lipinski definition) is 3. The van der Waals surface area contributed by atoms with Crippen LogP contribution < -0.4 is 5.32 Å². The molecule has 0 fully saturated rings. The molecule has 0 saturated carbocycles. The first-order chi connectivity index (χ1) is 11.1. The van der Waals surface area contributed by atoms with Gasteiger partial charge in [0.1, 0.15) is 0 Å². The maximum Gasteiger partial charge on any atom is 0.337 e. The predicted molar refractivity (Wildman–Crippen MR) is 89.4 cm³/mol. The van der Waals surface area contributed by atoms with Gasteiger partial charge < -0.3 is 10.1 Å². The first-order valence-electron chi connectivity index (χ1n) is 7.27. The van der Waals surface area contributed by atoms with Crippen LogP contribution in [0.3, 0.4) is 0 Å². The molecule has 0 spiro atoms. The Morgan fingerprint density at radius 3 is 2.22 bits per heavy atom. The summed E-state index contributed by atoms with van der Waals surface area (Å²) >= 11 is 5.82. The molecule has 0 atom stereocenters. The van der Waals surface area contributed by atoms with Crippen molar-refractivity contribution in [3.8, 4) is 0 Å². The zero-order chi connectivity index (χ0) is 16.7. The van der Waals surface area contributed by atoms with Crippen molar-refractivity contribution in [1.82, 2.24) is 5.32 Å². The molecule has 1 N–H and O–H groups in total. The van der Waals surface area contributed by atoms with Gasteiger partial charge in [-0.1, -0.05) is 35.9 Å². The molecule has 0 saturated heterocycles. The molecular weight excluding hydrogens is 314 g/mol. The number of hydrogen-bond donors (Lipinski definition) is 1. The lowest BCUT2D eigenvalue weighted by molar-refractivity contribution is -0.121. The van der Waals surface area contributed by atoms with Crippen molar-refractivity contribution in [3.63, 3.8) is 0 Å². The Labute approximate surface area is 140 Å². The Balaban J connectivity index is 1.77. The molecule has 0 radical (unpaired) electrons. The van der Waals surface area contributed by atoms with Crippen molar-refractivity contribution in [1.29, 1.82) is 0 Å². The molecule has 2 aromatic carbocycles. The molecule has 0 unspecified atom stereocenters.